The molecule has 10 fully saturated rings. The number of carbonyl (C=O) groups is 1. The van der Waals surface area contributed by atoms with Crippen molar-refractivity contribution in [2.45, 2.75) is 47.2 Å². The molecule has 0 amide bonds. The fourth-order valence-electron chi connectivity index (χ4n) is 20.6. The predicted molar refractivity (Wildman–Crippen MR) is 126 cm³/mol. The Bertz CT molecular complexity index is 1990. The van der Waals surface area contributed by atoms with Crippen molar-refractivity contribution in [1.82, 2.24) is 0 Å². The van der Waals surface area contributed by atoms with Gasteiger partial charge in [-0.2, -0.15) is 0 Å². The van der Waals surface area contributed by atoms with Crippen LogP contribution in [-0.4, -0.2) is 5.78 Å². The summed E-state index contributed by atoms with van der Waals surface area (Å²) in [6, 6.07) is 30.9. The summed E-state index contributed by atoms with van der Waals surface area (Å²) in [6.45, 7) is -3.68. The monoisotopic (exact) mass is 468 g/mol. The third-order valence-electron chi connectivity index (χ3n) is 18.9. The van der Waals surface area contributed by atoms with Crippen LogP contribution in [-0.2, 0) is 15.1 Å². The number of ketones is 1. The van der Waals surface area contributed by atoms with Crippen molar-refractivity contribution in [3.63, 3.8) is 0 Å². The Labute approximate surface area is 183 Å². The molecule has 3 aromatic rings. The van der Waals surface area contributed by atoms with Gasteiger partial charge in [-0.3, -0.25) is 0 Å². The number of fused-ring (bicyclic) bond motifs is 10. The van der Waals surface area contributed by atoms with Gasteiger partial charge in [0.15, 0.2) is 0 Å². The molecule has 2 heteroatoms. The molecule has 0 saturated carbocycles. The zero-order valence-electron chi connectivity index (χ0n) is 18.1. The van der Waals surface area contributed by atoms with E-state index >= 15 is 0 Å². The maximum atomic E-state index is 12.9. The summed E-state index contributed by atoms with van der Waals surface area (Å²) in [5.41, 5.74) is 5.62. The summed E-state index contributed by atoms with van der Waals surface area (Å²) in [6.07, 6.45) is 4.01. The van der Waals surface area contributed by atoms with Crippen LogP contribution in [0.15, 0.2) is 91.0 Å². The van der Waals surface area contributed by atoms with Gasteiger partial charge < -0.3 is 0 Å². The molecule has 13 rings (SSSR count). The van der Waals surface area contributed by atoms with Gasteiger partial charge in [-0.15, -0.1) is 0 Å². The first kappa shape index (κ1) is 14.8. The van der Waals surface area contributed by atoms with Crippen molar-refractivity contribution >= 4 is 11.9 Å². The van der Waals surface area contributed by atoms with Crippen LogP contribution >= 0.6 is 0 Å². The van der Waals surface area contributed by atoms with E-state index in [0.717, 1.165) is 15.2 Å². The minimum absolute atomic E-state index is 0.122. The second kappa shape index (κ2) is 2.01. The van der Waals surface area contributed by atoms with Crippen molar-refractivity contribution in [2.75, 3.05) is 0 Å². The van der Waals surface area contributed by atoms with Crippen LogP contribution in [0.2, 0.25) is 38.5 Å². The van der Waals surface area contributed by atoms with E-state index in [1.807, 2.05) is 36.4 Å². The number of allylic oxidation sites excluding steroid dienone is 1. The first-order valence-corrected chi connectivity index (χ1v) is 18.9. The molecule has 162 valence electrons. The zero-order chi connectivity index (χ0) is 21.1. The molecule has 33 heavy (non-hydrogen) atoms. The molecule has 1 spiro atoms. The van der Waals surface area contributed by atoms with Crippen LogP contribution in [0, 0.1) is 0 Å². The van der Waals surface area contributed by atoms with Gasteiger partial charge in [0.2, 0.25) is 0 Å². The standard InChI is InChI=1S/C26H19O.C5H5.Fe/c27-26(22-12-5-2-6-13-22)18-17-21-11-7-8-14-25(21)24-16-15-23(19-24)20-9-3-1-4-10-20;1-2-4-5-3-1;/h1-19H;1-5H;. The predicted octanol–water partition coefficient (Wildman–Crippen LogP) is 7.49. The number of carbonyl (C=O) groups excluding carboxylic acids is 1. The quantitative estimate of drug-likeness (QED) is 0.216. The molecule has 0 bridgehead atoms. The van der Waals surface area contributed by atoms with Gasteiger partial charge in [0, 0.05) is 0 Å². The van der Waals surface area contributed by atoms with Gasteiger partial charge in [0.1, 0.15) is 0 Å². The summed E-state index contributed by atoms with van der Waals surface area (Å²) in [7, 11) is 0. The Morgan fingerprint density at radius 3 is 1.91 bits per heavy atom. The van der Waals surface area contributed by atoms with Crippen molar-refractivity contribution in [3.8, 4) is 0 Å². The van der Waals surface area contributed by atoms with Gasteiger partial charge in [0.25, 0.3) is 0 Å². The SMILES string of the molecule is O=C(C=Cc1ccccc1[C]12[CH]3[CH]4[C]5(c6ccccc6)[CH]1[Fe]43521678[CH]2[CH]1[CH]6[CH]7[CH]28)c1ccccc1. The van der Waals surface area contributed by atoms with Gasteiger partial charge in [-0.1, -0.05) is 0 Å². The normalized spacial score (nSPS) is 69.2. The molecule has 10 saturated heterocycles. The molecule has 10 aliphatic heterocycles. The van der Waals surface area contributed by atoms with E-state index in [1.165, 1.54) is 34.5 Å². The fourth-order valence-corrected chi connectivity index (χ4v) is 96.8. The Balaban J connectivity index is 1.07. The van der Waals surface area contributed by atoms with Crippen molar-refractivity contribution in [3.05, 3.63) is 113 Å². The number of hydrogen-bond donors (Lipinski definition) is 0. The van der Waals surface area contributed by atoms with Crippen LogP contribution in [0.1, 0.15) is 27.0 Å². The van der Waals surface area contributed by atoms with Gasteiger partial charge >= 0.3 is 184 Å². The molecule has 0 aromatic heterocycles. The van der Waals surface area contributed by atoms with Crippen LogP contribution in [0.4, 0.5) is 0 Å². The van der Waals surface area contributed by atoms with Gasteiger partial charge in [0.05, 0.1) is 0 Å². The van der Waals surface area contributed by atoms with E-state index in [0.29, 0.717) is 8.63 Å². The zero-order valence-corrected chi connectivity index (χ0v) is 19.2. The molecule has 10 aliphatic rings. The second-order valence-corrected chi connectivity index (χ2v) is 38.0. The molecule has 0 N–H and O–H groups in total. The summed E-state index contributed by atoms with van der Waals surface area (Å²) in [5.74, 6) is 0.122. The van der Waals surface area contributed by atoms with E-state index in [1.54, 1.807) is 11.1 Å². The first-order chi connectivity index (χ1) is 16.0. The average molecular weight is 468 g/mol. The number of rotatable bonds is 5. The Morgan fingerprint density at radius 1 is 0.697 bits per heavy atom. The summed E-state index contributed by atoms with van der Waals surface area (Å²) < 4.78 is 1.34. The second-order valence-electron chi connectivity index (χ2n) is 14.8. The minimum atomic E-state index is -3.68. The van der Waals surface area contributed by atoms with Crippen molar-refractivity contribution < 1.29 is 11.3 Å². The van der Waals surface area contributed by atoms with E-state index < -0.39 is 6.51 Å². The van der Waals surface area contributed by atoms with E-state index in [-0.39, 0.29) is 5.78 Å². The number of hydrogen-bond acceptors (Lipinski definition) is 1. The molecular weight excluding hydrogens is 444 g/mol. The van der Waals surface area contributed by atoms with Crippen LogP contribution in [0.3, 0.4) is 0 Å². The molecule has 1 nitrogen and oxygen atoms in total. The van der Waals surface area contributed by atoms with E-state index in [9.17, 15) is 4.79 Å². The Hall–Kier alpha value is -2.41. The Kier molecular flexibility index (Phi) is 0.901. The van der Waals surface area contributed by atoms with Gasteiger partial charge in [-0.05, 0) is 0 Å². The molecule has 3 aromatic carbocycles. The third-order valence-corrected chi connectivity index (χ3v) is 61.6. The first-order valence-electron chi connectivity index (χ1n) is 12.7. The molecule has 10 heterocycles. The molecule has 5 atom stereocenters. The summed E-state index contributed by atoms with van der Waals surface area (Å²) in [4.78, 5) is 22.4. The van der Waals surface area contributed by atoms with Crippen LogP contribution in [0.25, 0.3) is 6.08 Å². The topological polar surface area (TPSA) is 17.1 Å². The van der Waals surface area contributed by atoms with Crippen molar-refractivity contribution in [2.24, 2.45) is 0 Å². The maximum absolute atomic E-state index is 12.9. The summed E-state index contributed by atoms with van der Waals surface area (Å²) >= 11 is 0. The van der Waals surface area contributed by atoms with Crippen LogP contribution < -0.4 is 0 Å². The van der Waals surface area contributed by atoms with Crippen molar-refractivity contribution in [1.29, 1.82) is 0 Å². The van der Waals surface area contributed by atoms with E-state index in [4.69, 9.17) is 0 Å². The molecule has 5 unspecified atom stereocenters. The molecular formula is C31H24FeO. The molecule has 0 radical (unpaired) electrons. The molecule has 0 aliphatic carbocycles. The summed E-state index contributed by atoms with van der Waals surface area (Å²) in [5, 5.41) is 0. The Morgan fingerprint density at radius 2 is 1.27 bits per heavy atom. The average Bonchev–Trinajstić information content (AvgIpc) is 3.82. The third kappa shape index (κ3) is 0.305. The van der Waals surface area contributed by atoms with Crippen LogP contribution in [0.5, 0.6) is 0 Å². The van der Waals surface area contributed by atoms with E-state index in [2.05, 4.69) is 60.7 Å². The van der Waals surface area contributed by atoms with Gasteiger partial charge in [-0.25, -0.2) is 0 Å². The number of benzene rings is 3. The fraction of sp³-hybridized carbons (Fsp3) is 0.323.